The fraction of sp³-hybridized carbons (Fsp3) is 0.595. The van der Waals surface area contributed by atoms with Crippen LogP contribution < -0.4 is 26.6 Å². The molecule has 0 bridgehead atoms. The number of nitrogens with zero attached hydrogens (tertiary/aromatic N) is 3. The van der Waals surface area contributed by atoms with Gasteiger partial charge in [0.05, 0.1) is 0 Å². The van der Waals surface area contributed by atoms with E-state index in [0.717, 1.165) is 48.5 Å². The van der Waals surface area contributed by atoms with Gasteiger partial charge in [-0.2, -0.15) is 26.7 Å². The Kier molecular flexibility index (Phi) is 13.1. The number of nitrogens with one attached hydrogen (secondary N) is 5. The Morgan fingerprint density at radius 1 is 0.708 bits per heavy atom. The number of benzene rings is 1. The Hall–Kier alpha value is -3.60. The first-order valence-corrected chi connectivity index (χ1v) is 18.3. The molecule has 0 fully saturated rings. The van der Waals surface area contributed by atoms with Crippen LogP contribution in [0.15, 0.2) is 47.7 Å². The third-order valence-corrected chi connectivity index (χ3v) is 8.11. The van der Waals surface area contributed by atoms with Crippen LogP contribution in [-0.4, -0.2) is 56.4 Å². The lowest BCUT2D eigenvalue weighted by atomic mass is 9.81. The molecule has 48 heavy (non-hydrogen) atoms. The van der Waals surface area contributed by atoms with E-state index in [0.29, 0.717) is 36.3 Å². The van der Waals surface area contributed by atoms with Crippen LogP contribution in [0.2, 0.25) is 0 Å². The minimum Gasteiger partial charge on any atom is -0.354 e. The molecule has 1 aromatic carbocycles. The Bertz CT molecular complexity index is 1470. The highest BCUT2D eigenvalue weighted by Crippen LogP contribution is 2.29. The van der Waals surface area contributed by atoms with Crippen LogP contribution in [0, 0.1) is 10.8 Å². The zero-order valence-corrected chi connectivity index (χ0v) is 31.8. The normalized spacial score (nSPS) is 14.1. The molecule has 0 aliphatic heterocycles. The van der Waals surface area contributed by atoms with Gasteiger partial charge in [-0.3, -0.25) is 9.59 Å². The van der Waals surface area contributed by atoms with E-state index < -0.39 is 0 Å². The van der Waals surface area contributed by atoms with Crippen molar-refractivity contribution in [3.63, 3.8) is 0 Å². The summed E-state index contributed by atoms with van der Waals surface area (Å²) in [6.07, 6.45) is 9.85. The van der Waals surface area contributed by atoms with Crippen LogP contribution in [0.5, 0.6) is 0 Å². The number of carbonyl (C=O) groups excluding carboxylic acids is 2. The van der Waals surface area contributed by atoms with Crippen LogP contribution in [0.3, 0.4) is 0 Å². The van der Waals surface area contributed by atoms with Gasteiger partial charge < -0.3 is 26.6 Å². The summed E-state index contributed by atoms with van der Waals surface area (Å²) < 4.78 is 0. The van der Waals surface area contributed by atoms with Crippen LogP contribution in [0.1, 0.15) is 112 Å². The average molecular weight is 679 g/mol. The molecule has 0 saturated carbocycles. The predicted molar refractivity (Wildman–Crippen MR) is 202 cm³/mol. The number of hydrogen-bond donors (Lipinski definition) is 5. The lowest BCUT2D eigenvalue weighted by molar-refractivity contribution is -0.119. The summed E-state index contributed by atoms with van der Waals surface area (Å²) in [4.78, 5) is 39.9. The molecule has 1 heterocycles. The molecule has 1 aromatic heterocycles. The fourth-order valence-corrected chi connectivity index (χ4v) is 6.83. The highest BCUT2D eigenvalue weighted by atomic mass is 32.2. The Morgan fingerprint density at radius 3 is 1.77 bits per heavy atom. The fourth-order valence-electron chi connectivity index (χ4n) is 6.40. The van der Waals surface area contributed by atoms with E-state index in [9.17, 15) is 9.59 Å². The van der Waals surface area contributed by atoms with E-state index in [1.807, 2.05) is 24.3 Å². The summed E-state index contributed by atoms with van der Waals surface area (Å²) in [5.74, 6) is 2.13. The lowest BCUT2D eigenvalue weighted by Gasteiger charge is -2.33. The second-order valence-electron chi connectivity index (χ2n) is 16.4. The van der Waals surface area contributed by atoms with Gasteiger partial charge in [0.1, 0.15) is 0 Å². The van der Waals surface area contributed by atoms with Gasteiger partial charge in [-0.1, -0.05) is 47.6 Å². The van der Waals surface area contributed by atoms with Crippen molar-refractivity contribution in [3.8, 4) is 0 Å². The quantitative estimate of drug-likeness (QED) is 0.119. The molecule has 0 spiro atoms. The van der Waals surface area contributed by atoms with Crippen molar-refractivity contribution in [3.05, 3.63) is 53.3 Å². The molecular formula is C37H58N8O2S. The number of allylic oxidation sites excluding steroid dienone is 3. The topological polar surface area (TPSA) is 133 Å². The second kappa shape index (κ2) is 16.2. The highest BCUT2D eigenvalue weighted by Gasteiger charge is 2.29. The summed E-state index contributed by atoms with van der Waals surface area (Å²) in [6, 6.07) is 7.28. The second-order valence-corrected chi connectivity index (χ2v) is 17.4. The maximum absolute atomic E-state index is 13.0. The minimum absolute atomic E-state index is 0.0277. The number of hydrogen-bond acceptors (Lipinski definition) is 9. The number of aromatic nitrogens is 3. The summed E-state index contributed by atoms with van der Waals surface area (Å²) in [5.41, 5.74) is 2.57. The maximum atomic E-state index is 13.0. The van der Waals surface area contributed by atoms with Crippen LogP contribution in [0.25, 0.3) is 0 Å². The molecular weight excluding hydrogens is 621 g/mol. The molecule has 0 atom stereocenters. The molecule has 0 unspecified atom stereocenters. The Labute approximate surface area is 292 Å². The third-order valence-electron chi connectivity index (χ3n) is 7.41. The Balaban J connectivity index is 1.73. The monoisotopic (exact) mass is 678 g/mol. The molecule has 0 saturated heterocycles. The molecule has 10 nitrogen and oxygen atoms in total. The zero-order chi connectivity index (χ0) is 35.8. The molecule has 1 aliphatic rings. The van der Waals surface area contributed by atoms with Gasteiger partial charge in [0.2, 0.25) is 23.8 Å². The van der Waals surface area contributed by atoms with E-state index in [-0.39, 0.29) is 33.7 Å². The summed E-state index contributed by atoms with van der Waals surface area (Å²) in [5, 5.41) is 16.3. The molecule has 0 radical (unpaired) electrons. The smallest absolute Gasteiger partial charge is 0.251 e. The van der Waals surface area contributed by atoms with Gasteiger partial charge in [-0.15, -0.1) is 0 Å². The van der Waals surface area contributed by atoms with E-state index in [1.54, 1.807) is 23.9 Å². The van der Waals surface area contributed by atoms with Crippen molar-refractivity contribution in [1.82, 2.24) is 25.6 Å². The summed E-state index contributed by atoms with van der Waals surface area (Å²) >= 11 is 1.80. The van der Waals surface area contributed by atoms with Crippen molar-refractivity contribution in [2.24, 2.45) is 10.8 Å². The first kappa shape index (κ1) is 38.8. The van der Waals surface area contributed by atoms with Crippen molar-refractivity contribution in [2.75, 3.05) is 34.5 Å². The number of thioether (sulfide) groups is 1. The van der Waals surface area contributed by atoms with E-state index in [1.165, 1.54) is 0 Å². The van der Waals surface area contributed by atoms with Crippen LogP contribution in [0.4, 0.5) is 23.5 Å². The lowest BCUT2D eigenvalue weighted by Crippen LogP contribution is -2.46. The van der Waals surface area contributed by atoms with E-state index in [4.69, 9.17) is 0 Å². The van der Waals surface area contributed by atoms with E-state index >= 15 is 0 Å². The first-order chi connectivity index (χ1) is 22.2. The average Bonchev–Trinajstić information content (AvgIpc) is 2.93. The molecule has 1 aliphatic carbocycles. The molecule has 2 aromatic rings. The highest BCUT2D eigenvalue weighted by molar-refractivity contribution is 7.98. The maximum Gasteiger partial charge on any atom is 0.251 e. The standard InChI is InChI=1S/C37H58N8O2S/c1-34(2,3)23-36(7,8)44-29(46)25-13-17-27(18-14-25)39-32-41-31(38-21-12-22-48-11)42-33(43-32)40-28-19-15-26(16-20-28)30(47)45-37(9,10)24-35(4,5)6/h13-15,17-19H,12,16,20-24H2,1-11H3,(H,44,46)(H,45,47)(H3,38,39,40,41,42,43). The van der Waals surface area contributed by atoms with Gasteiger partial charge in [0, 0.05) is 40.1 Å². The SMILES string of the molecule is CSCCCNc1nc(NC2=CC=C(C(=O)NC(C)(C)CC(C)(C)C)CC2)nc(Nc2ccc(C(=O)NC(C)(C)CC(C)(C)C)cc2)n1. The number of anilines is 4. The Morgan fingerprint density at radius 2 is 1.25 bits per heavy atom. The van der Waals surface area contributed by atoms with Gasteiger partial charge in [0.25, 0.3) is 5.91 Å². The van der Waals surface area contributed by atoms with Crippen molar-refractivity contribution >= 4 is 47.1 Å². The number of amides is 2. The molecule has 11 heteroatoms. The van der Waals surface area contributed by atoms with Crippen LogP contribution >= 0.6 is 11.8 Å². The minimum atomic E-state index is -0.333. The largest absolute Gasteiger partial charge is 0.354 e. The van der Waals surface area contributed by atoms with Crippen molar-refractivity contribution in [1.29, 1.82) is 0 Å². The van der Waals surface area contributed by atoms with Crippen molar-refractivity contribution < 1.29 is 9.59 Å². The molecule has 264 valence electrons. The third kappa shape index (κ3) is 13.9. The van der Waals surface area contributed by atoms with Gasteiger partial charge >= 0.3 is 0 Å². The van der Waals surface area contributed by atoms with Crippen LogP contribution in [-0.2, 0) is 4.79 Å². The van der Waals surface area contributed by atoms with E-state index in [2.05, 4.69) is 117 Å². The molecule has 3 rings (SSSR count). The summed E-state index contributed by atoms with van der Waals surface area (Å²) in [6.45, 7) is 22.0. The predicted octanol–water partition coefficient (Wildman–Crippen LogP) is 8.07. The summed E-state index contributed by atoms with van der Waals surface area (Å²) in [7, 11) is 0. The van der Waals surface area contributed by atoms with Gasteiger partial charge in [0.15, 0.2) is 0 Å². The van der Waals surface area contributed by atoms with Crippen molar-refractivity contribution in [2.45, 2.75) is 112 Å². The molecule has 2 amide bonds. The van der Waals surface area contributed by atoms with Gasteiger partial charge in [-0.05, 0) is 113 Å². The zero-order valence-electron chi connectivity index (χ0n) is 31.0. The first-order valence-electron chi connectivity index (χ1n) is 16.9. The number of carbonyl (C=O) groups is 2. The van der Waals surface area contributed by atoms with Gasteiger partial charge in [-0.25, -0.2) is 0 Å². The number of rotatable bonds is 15. The molecule has 5 N–H and O–H groups in total.